The molecule has 4 rings (SSSR count). The lowest BCUT2D eigenvalue weighted by molar-refractivity contribution is -0.138. The van der Waals surface area contributed by atoms with Gasteiger partial charge in [0.25, 0.3) is 0 Å². The fraction of sp³-hybridized carbons (Fsp3) is 1.00. The van der Waals surface area contributed by atoms with E-state index in [2.05, 4.69) is 48.5 Å². The maximum absolute atomic E-state index is 6.35. The summed E-state index contributed by atoms with van der Waals surface area (Å²) in [6.07, 6.45) is 18.1. The van der Waals surface area contributed by atoms with Gasteiger partial charge in [-0.15, -0.1) is 0 Å². The van der Waals surface area contributed by atoms with Gasteiger partial charge < -0.3 is 4.74 Å². The van der Waals surface area contributed by atoms with E-state index in [4.69, 9.17) is 4.74 Å². The van der Waals surface area contributed by atoms with Crippen molar-refractivity contribution < 1.29 is 4.74 Å². The highest BCUT2D eigenvalue weighted by Crippen LogP contribution is 2.68. The van der Waals surface area contributed by atoms with E-state index in [0.717, 1.165) is 48.0 Å². The third-order valence-electron chi connectivity index (χ3n) is 11.5. The van der Waals surface area contributed by atoms with E-state index in [9.17, 15) is 0 Å². The van der Waals surface area contributed by atoms with Crippen molar-refractivity contribution in [3.63, 3.8) is 0 Å². The largest absolute Gasteiger partial charge is 0.378 e. The summed E-state index contributed by atoms with van der Waals surface area (Å²) in [5.74, 6) is 7.42. The Labute approximate surface area is 201 Å². The third kappa shape index (κ3) is 4.72. The van der Waals surface area contributed by atoms with Crippen LogP contribution in [0.25, 0.3) is 0 Å². The maximum atomic E-state index is 6.35. The highest BCUT2D eigenvalue weighted by atomic mass is 16.5. The number of fused-ring (bicyclic) bond motifs is 5. The van der Waals surface area contributed by atoms with Crippen LogP contribution in [0.2, 0.25) is 0 Å². The lowest BCUT2D eigenvalue weighted by Crippen LogP contribution is -2.54. The molecule has 0 aromatic carbocycles. The highest BCUT2D eigenvalue weighted by Gasteiger charge is 2.60. The van der Waals surface area contributed by atoms with Crippen molar-refractivity contribution >= 4 is 0 Å². The Morgan fingerprint density at radius 1 is 0.750 bits per heavy atom. The first-order valence-electron chi connectivity index (χ1n) is 14.8. The maximum Gasteiger partial charge on any atom is 0.0578 e. The predicted octanol–water partition coefficient (Wildman–Crippen LogP) is 9.15. The molecule has 4 fully saturated rings. The van der Waals surface area contributed by atoms with E-state index >= 15 is 0 Å². The van der Waals surface area contributed by atoms with Gasteiger partial charge in [-0.1, -0.05) is 67.7 Å². The first kappa shape index (κ1) is 25.1. The average Bonchev–Trinajstić information content (AvgIpc) is 3.09. The van der Waals surface area contributed by atoms with Crippen LogP contribution in [0.1, 0.15) is 126 Å². The molecule has 4 aliphatic rings. The van der Waals surface area contributed by atoms with E-state index in [1.54, 1.807) is 0 Å². The zero-order chi connectivity index (χ0) is 23.1. The second-order valence-corrected chi connectivity index (χ2v) is 14.3. The number of hydrogen-bond donors (Lipinski definition) is 0. The van der Waals surface area contributed by atoms with Crippen LogP contribution in [0.5, 0.6) is 0 Å². The van der Waals surface area contributed by atoms with E-state index in [1.807, 2.05) is 0 Å². The SMILES string of the molecule is CC(C)CCC[C@@H](C)[C@H]1CC[C@H]2[C@@H]3CCC4CC(OCC(C)C)CC[C@]4(C)[C@H]3CC[C@]12C. The minimum Gasteiger partial charge on any atom is -0.378 e. The fourth-order valence-electron chi connectivity index (χ4n) is 9.72. The Kier molecular flexibility index (Phi) is 7.76. The molecule has 4 saturated carbocycles. The Hall–Kier alpha value is -0.0400. The number of hydrogen-bond acceptors (Lipinski definition) is 1. The molecule has 0 bridgehead atoms. The molecule has 0 N–H and O–H groups in total. The van der Waals surface area contributed by atoms with Crippen molar-refractivity contribution in [2.45, 2.75) is 132 Å². The molecule has 1 heteroatoms. The Morgan fingerprint density at radius 2 is 1.47 bits per heavy atom. The van der Waals surface area contributed by atoms with Crippen molar-refractivity contribution in [1.29, 1.82) is 0 Å². The molecule has 0 saturated heterocycles. The standard InChI is InChI=1S/C31H56O/c1-21(2)9-8-10-23(5)27-13-14-28-26-12-11-24-19-25(32-20-22(3)4)15-17-30(24,6)29(26)16-18-31(27,28)7/h21-29H,8-20H2,1-7H3/t23-,24?,25?,26+,27-,28+,29+,30+,31-/m1/s1. The summed E-state index contributed by atoms with van der Waals surface area (Å²) in [7, 11) is 0. The van der Waals surface area contributed by atoms with Crippen molar-refractivity contribution in [3.8, 4) is 0 Å². The van der Waals surface area contributed by atoms with Crippen molar-refractivity contribution in [2.75, 3.05) is 6.61 Å². The quantitative estimate of drug-likeness (QED) is 0.362. The van der Waals surface area contributed by atoms with E-state index < -0.39 is 0 Å². The first-order valence-corrected chi connectivity index (χ1v) is 14.8. The van der Waals surface area contributed by atoms with Gasteiger partial charge in [0.1, 0.15) is 0 Å². The van der Waals surface area contributed by atoms with Crippen LogP contribution in [-0.2, 0) is 4.74 Å². The van der Waals surface area contributed by atoms with Crippen molar-refractivity contribution in [1.82, 2.24) is 0 Å². The fourth-order valence-corrected chi connectivity index (χ4v) is 9.72. The topological polar surface area (TPSA) is 9.23 Å². The molecule has 0 spiro atoms. The van der Waals surface area contributed by atoms with Crippen LogP contribution in [0.3, 0.4) is 0 Å². The number of rotatable bonds is 8. The molecule has 1 nitrogen and oxygen atoms in total. The van der Waals surface area contributed by atoms with E-state index in [-0.39, 0.29) is 0 Å². The summed E-state index contributed by atoms with van der Waals surface area (Å²) in [5.41, 5.74) is 1.24. The Bertz CT molecular complexity index is 610. The van der Waals surface area contributed by atoms with Gasteiger partial charge in [0, 0.05) is 6.61 Å². The molecule has 32 heavy (non-hydrogen) atoms. The minimum atomic E-state index is 0.545. The Balaban J connectivity index is 1.40. The van der Waals surface area contributed by atoms with Gasteiger partial charge in [0.2, 0.25) is 0 Å². The molecular weight excluding hydrogens is 388 g/mol. The number of ether oxygens (including phenoxy) is 1. The predicted molar refractivity (Wildman–Crippen MR) is 138 cm³/mol. The van der Waals surface area contributed by atoms with Gasteiger partial charge in [0.05, 0.1) is 6.10 Å². The second-order valence-electron chi connectivity index (χ2n) is 14.3. The first-order chi connectivity index (χ1) is 15.1. The third-order valence-corrected chi connectivity index (χ3v) is 11.5. The average molecular weight is 445 g/mol. The van der Waals surface area contributed by atoms with Crippen LogP contribution in [0.4, 0.5) is 0 Å². The van der Waals surface area contributed by atoms with Crippen LogP contribution < -0.4 is 0 Å². The van der Waals surface area contributed by atoms with Gasteiger partial charge in [-0.3, -0.25) is 0 Å². The summed E-state index contributed by atoms with van der Waals surface area (Å²) >= 11 is 0. The summed E-state index contributed by atoms with van der Waals surface area (Å²) in [5, 5.41) is 0. The zero-order valence-electron chi connectivity index (χ0n) is 22.8. The lowest BCUT2D eigenvalue weighted by atomic mass is 9.44. The molecular formula is C31H56O. The lowest BCUT2D eigenvalue weighted by Gasteiger charge is -2.61. The zero-order valence-corrected chi connectivity index (χ0v) is 22.8. The highest BCUT2D eigenvalue weighted by molar-refractivity contribution is 5.09. The molecule has 0 aromatic rings. The minimum absolute atomic E-state index is 0.545. The van der Waals surface area contributed by atoms with Crippen LogP contribution in [0.15, 0.2) is 0 Å². The normalized spacial score (nSPS) is 44.9. The van der Waals surface area contributed by atoms with Gasteiger partial charge >= 0.3 is 0 Å². The van der Waals surface area contributed by atoms with Gasteiger partial charge in [-0.25, -0.2) is 0 Å². The van der Waals surface area contributed by atoms with Gasteiger partial charge in [0.15, 0.2) is 0 Å². The van der Waals surface area contributed by atoms with Gasteiger partial charge in [-0.05, 0) is 116 Å². The molecule has 4 aliphatic carbocycles. The molecule has 0 heterocycles. The summed E-state index contributed by atoms with van der Waals surface area (Å²) in [4.78, 5) is 0. The van der Waals surface area contributed by atoms with Gasteiger partial charge in [-0.2, -0.15) is 0 Å². The Morgan fingerprint density at radius 3 is 2.19 bits per heavy atom. The molecule has 0 aromatic heterocycles. The second kappa shape index (κ2) is 9.91. The molecule has 9 atom stereocenters. The molecule has 0 aliphatic heterocycles. The molecule has 0 radical (unpaired) electrons. The summed E-state index contributed by atoms with van der Waals surface area (Å²) in [6.45, 7) is 18.4. The smallest absolute Gasteiger partial charge is 0.0578 e. The van der Waals surface area contributed by atoms with Crippen LogP contribution in [-0.4, -0.2) is 12.7 Å². The monoisotopic (exact) mass is 444 g/mol. The summed E-state index contributed by atoms with van der Waals surface area (Å²) < 4.78 is 6.35. The molecule has 0 amide bonds. The van der Waals surface area contributed by atoms with Crippen LogP contribution >= 0.6 is 0 Å². The van der Waals surface area contributed by atoms with Crippen molar-refractivity contribution in [3.05, 3.63) is 0 Å². The summed E-state index contributed by atoms with van der Waals surface area (Å²) in [6, 6.07) is 0. The van der Waals surface area contributed by atoms with E-state index in [0.29, 0.717) is 22.9 Å². The molecule has 186 valence electrons. The molecule has 2 unspecified atom stereocenters. The van der Waals surface area contributed by atoms with Crippen LogP contribution in [0, 0.1) is 58.2 Å². The van der Waals surface area contributed by atoms with Crippen molar-refractivity contribution in [2.24, 2.45) is 58.2 Å². The van der Waals surface area contributed by atoms with E-state index in [1.165, 1.54) is 77.0 Å².